The van der Waals surface area contributed by atoms with Crippen molar-refractivity contribution in [2.24, 2.45) is 0 Å². The first-order chi connectivity index (χ1) is 10.2. The molecule has 0 unspecified atom stereocenters. The van der Waals surface area contributed by atoms with Crippen molar-refractivity contribution in [1.82, 2.24) is 0 Å². The van der Waals surface area contributed by atoms with Crippen LogP contribution in [0, 0.1) is 17.1 Å². The molecular weight excluding hydrogens is 280 g/mol. The molecule has 1 aliphatic heterocycles. The van der Waals surface area contributed by atoms with Crippen molar-refractivity contribution in [2.45, 2.75) is 51.7 Å². The van der Waals surface area contributed by atoms with Gasteiger partial charge >= 0.3 is 7.12 Å². The number of nitriles is 1. The maximum absolute atomic E-state index is 14.2. The molecule has 1 aromatic carbocycles. The standard InChI is InChI=1S/C17H19BFNO2/c1-16(2)17(3,4)22-18(21-16)13-6-5-12-7-11(10-20)8-15(19)14(12)9-13/h7-9H,5-6H2,1-4H3. The largest absolute Gasteiger partial charge is 0.490 e. The summed E-state index contributed by atoms with van der Waals surface area (Å²) in [4.78, 5) is 0. The molecule has 1 saturated heterocycles. The van der Waals surface area contributed by atoms with Gasteiger partial charge in [0.1, 0.15) is 5.82 Å². The first-order valence-corrected chi connectivity index (χ1v) is 7.52. The predicted molar refractivity (Wildman–Crippen MR) is 83.5 cm³/mol. The van der Waals surface area contributed by atoms with Crippen LogP contribution in [0.15, 0.2) is 17.6 Å². The van der Waals surface area contributed by atoms with Gasteiger partial charge in [0.25, 0.3) is 0 Å². The highest BCUT2D eigenvalue weighted by molar-refractivity contribution is 6.55. The Bertz CT molecular complexity index is 687. The van der Waals surface area contributed by atoms with Crippen LogP contribution < -0.4 is 0 Å². The van der Waals surface area contributed by atoms with Crippen LogP contribution in [0.25, 0.3) is 6.08 Å². The van der Waals surface area contributed by atoms with Gasteiger partial charge in [0.15, 0.2) is 0 Å². The van der Waals surface area contributed by atoms with E-state index in [9.17, 15) is 4.39 Å². The molecule has 0 N–H and O–H groups in total. The van der Waals surface area contributed by atoms with Crippen molar-refractivity contribution in [3.05, 3.63) is 40.1 Å². The summed E-state index contributed by atoms with van der Waals surface area (Å²) in [6, 6.07) is 5.04. The van der Waals surface area contributed by atoms with Crippen LogP contribution in [-0.4, -0.2) is 18.3 Å². The number of benzene rings is 1. The van der Waals surface area contributed by atoms with Crippen molar-refractivity contribution < 1.29 is 13.7 Å². The highest BCUT2D eigenvalue weighted by atomic mass is 19.1. The van der Waals surface area contributed by atoms with E-state index < -0.39 is 18.3 Å². The topological polar surface area (TPSA) is 42.2 Å². The summed E-state index contributed by atoms with van der Waals surface area (Å²) < 4.78 is 26.3. The molecule has 1 aromatic rings. The van der Waals surface area contributed by atoms with Crippen molar-refractivity contribution in [1.29, 1.82) is 5.26 Å². The summed E-state index contributed by atoms with van der Waals surface area (Å²) in [5, 5.41) is 8.93. The minimum atomic E-state index is -0.437. The van der Waals surface area contributed by atoms with E-state index in [1.165, 1.54) is 6.07 Å². The maximum atomic E-state index is 14.2. The summed E-state index contributed by atoms with van der Waals surface area (Å²) in [6.45, 7) is 8.02. The van der Waals surface area contributed by atoms with Gasteiger partial charge in [0.2, 0.25) is 0 Å². The van der Waals surface area contributed by atoms with E-state index in [0.717, 1.165) is 17.5 Å². The van der Waals surface area contributed by atoms with Crippen molar-refractivity contribution in [2.75, 3.05) is 0 Å². The molecule has 1 fully saturated rings. The molecule has 1 heterocycles. The van der Waals surface area contributed by atoms with Crippen molar-refractivity contribution in [3.8, 4) is 6.07 Å². The third-order valence-corrected chi connectivity index (χ3v) is 4.91. The molecule has 0 atom stereocenters. The lowest BCUT2D eigenvalue weighted by molar-refractivity contribution is 0.00578. The normalized spacial score (nSPS) is 22.0. The summed E-state index contributed by atoms with van der Waals surface area (Å²) in [5.74, 6) is -0.359. The molecule has 22 heavy (non-hydrogen) atoms. The Hall–Kier alpha value is -1.64. The average molecular weight is 299 g/mol. The molecule has 0 aromatic heterocycles. The predicted octanol–water partition coefficient (Wildman–Crippen LogP) is 3.66. The Morgan fingerprint density at radius 3 is 2.36 bits per heavy atom. The van der Waals surface area contributed by atoms with E-state index in [2.05, 4.69) is 0 Å². The van der Waals surface area contributed by atoms with Gasteiger partial charge in [0.05, 0.1) is 22.8 Å². The monoisotopic (exact) mass is 299 g/mol. The zero-order chi connectivity index (χ0) is 16.1. The molecule has 0 amide bonds. The van der Waals surface area contributed by atoms with Gasteiger partial charge in [-0.05, 0) is 63.7 Å². The molecular formula is C17H19BFNO2. The highest BCUT2D eigenvalue weighted by Crippen LogP contribution is 2.40. The average Bonchev–Trinajstić information content (AvgIpc) is 2.67. The number of nitrogens with zero attached hydrogens (tertiary/aromatic N) is 1. The van der Waals surface area contributed by atoms with Crippen LogP contribution in [0.5, 0.6) is 0 Å². The number of rotatable bonds is 1. The second-order valence-electron chi connectivity index (χ2n) is 6.95. The smallest absolute Gasteiger partial charge is 0.400 e. The first-order valence-electron chi connectivity index (χ1n) is 7.52. The first kappa shape index (κ1) is 15.3. The van der Waals surface area contributed by atoms with E-state index in [0.29, 0.717) is 17.5 Å². The second kappa shape index (κ2) is 4.94. The lowest BCUT2D eigenvalue weighted by Gasteiger charge is -2.32. The number of halogens is 1. The van der Waals surface area contributed by atoms with Crippen LogP contribution in [0.2, 0.25) is 0 Å². The van der Waals surface area contributed by atoms with Gasteiger partial charge in [0, 0.05) is 5.56 Å². The molecule has 0 saturated carbocycles. The van der Waals surface area contributed by atoms with Crippen LogP contribution in [0.4, 0.5) is 4.39 Å². The fourth-order valence-corrected chi connectivity index (χ4v) is 2.82. The van der Waals surface area contributed by atoms with Crippen LogP contribution in [0.1, 0.15) is 50.8 Å². The lowest BCUT2D eigenvalue weighted by Crippen LogP contribution is -2.41. The second-order valence-corrected chi connectivity index (χ2v) is 6.95. The molecule has 114 valence electrons. The zero-order valence-electron chi connectivity index (χ0n) is 13.4. The molecule has 1 aliphatic carbocycles. The Kier molecular flexibility index (Phi) is 3.43. The molecule has 0 bridgehead atoms. The maximum Gasteiger partial charge on any atom is 0.490 e. The quantitative estimate of drug-likeness (QED) is 0.743. The Labute approximate surface area is 130 Å². The summed E-state index contributed by atoms with van der Waals surface area (Å²) in [6.07, 6.45) is 3.26. The number of aryl methyl sites for hydroxylation is 1. The lowest BCUT2D eigenvalue weighted by atomic mass is 9.71. The zero-order valence-corrected chi connectivity index (χ0v) is 13.4. The number of allylic oxidation sites excluding steroid dienone is 1. The minimum Gasteiger partial charge on any atom is -0.400 e. The van der Waals surface area contributed by atoms with E-state index in [1.807, 2.05) is 39.8 Å². The Morgan fingerprint density at radius 1 is 1.14 bits per heavy atom. The van der Waals surface area contributed by atoms with Crippen LogP contribution in [0.3, 0.4) is 0 Å². The van der Waals surface area contributed by atoms with Gasteiger partial charge in [-0.1, -0.05) is 6.08 Å². The van der Waals surface area contributed by atoms with Gasteiger partial charge in [-0.2, -0.15) is 5.26 Å². The van der Waals surface area contributed by atoms with Gasteiger partial charge < -0.3 is 9.31 Å². The fraction of sp³-hybridized carbons (Fsp3) is 0.471. The molecule has 0 spiro atoms. The SMILES string of the molecule is CC1(C)OB(C2=Cc3c(F)cc(C#N)cc3CC2)OC1(C)C. The number of fused-ring (bicyclic) bond motifs is 1. The van der Waals surface area contributed by atoms with E-state index >= 15 is 0 Å². The van der Waals surface area contributed by atoms with E-state index in [-0.39, 0.29) is 5.82 Å². The van der Waals surface area contributed by atoms with E-state index in [1.54, 1.807) is 6.07 Å². The molecule has 3 rings (SSSR count). The van der Waals surface area contributed by atoms with E-state index in [4.69, 9.17) is 14.6 Å². The third-order valence-electron chi connectivity index (χ3n) is 4.91. The van der Waals surface area contributed by atoms with Gasteiger partial charge in [-0.3, -0.25) is 0 Å². The van der Waals surface area contributed by atoms with Crippen molar-refractivity contribution in [3.63, 3.8) is 0 Å². The minimum absolute atomic E-state index is 0.359. The molecule has 2 aliphatic rings. The van der Waals surface area contributed by atoms with Crippen LogP contribution >= 0.6 is 0 Å². The molecule has 5 heteroatoms. The van der Waals surface area contributed by atoms with Crippen molar-refractivity contribution >= 4 is 13.2 Å². The van der Waals surface area contributed by atoms with Gasteiger partial charge in [-0.15, -0.1) is 0 Å². The number of hydrogen-bond acceptors (Lipinski definition) is 3. The Balaban J connectivity index is 1.95. The number of hydrogen-bond donors (Lipinski definition) is 0. The summed E-state index contributed by atoms with van der Waals surface area (Å²) in [5.41, 5.74) is 1.94. The summed E-state index contributed by atoms with van der Waals surface area (Å²) in [7, 11) is -0.437. The molecule has 0 radical (unpaired) electrons. The summed E-state index contributed by atoms with van der Waals surface area (Å²) >= 11 is 0. The van der Waals surface area contributed by atoms with Crippen LogP contribution in [-0.2, 0) is 15.7 Å². The fourth-order valence-electron chi connectivity index (χ4n) is 2.82. The Morgan fingerprint density at radius 2 is 1.77 bits per heavy atom. The highest BCUT2D eigenvalue weighted by Gasteiger charge is 2.52. The molecule has 3 nitrogen and oxygen atoms in total. The van der Waals surface area contributed by atoms with Gasteiger partial charge in [-0.25, -0.2) is 4.39 Å². The third kappa shape index (κ3) is 2.37.